The molecule has 1 saturated heterocycles. The Labute approximate surface area is 78.3 Å². The van der Waals surface area contributed by atoms with E-state index in [1.165, 1.54) is 4.90 Å². The van der Waals surface area contributed by atoms with E-state index >= 15 is 0 Å². The van der Waals surface area contributed by atoms with Crippen molar-refractivity contribution >= 4 is 11.9 Å². The summed E-state index contributed by atoms with van der Waals surface area (Å²) in [6, 6.07) is -0.550. The van der Waals surface area contributed by atoms with E-state index in [1.807, 2.05) is 13.8 Å². The number of hydrogen-bond donors (Lipinski definition) is 1. The first-order valence-electron chi connectivity index (χ1n) is 4.68. The molecule has 1 fully saturated rings. The third kappa shape index (κ3) is 1.99. The largest absolute Gasteiger partial charge is 0.326 e. The Balaban J connectivity index is 2.62. The van der Waals surface area contributed by atoms with Crippen LogP contribution in [0.3, 0.4) is 0 Å². The standard InChI is InChI=1S/C9H16N2O2/c1-4-11-8(12)7(5-6(2)3)10-9(11)13/h6-7H,4-5H2,1-3H3,(H,10,13)/t7-/m0/s1. The first-order chi connectivity index (χ1) is 6.06. The molecular weight excluding hydrogens is 168 g/mol. The first kappa shape index (κ1) is 10.0. The average molecular weight is 184 g/mol. The molecule has 0 aromatic carbocycles. The maximum atomic E-state index is 11.5. The van der Waals surface area contributed by atoms with Crippen molar-refractivity contribution in [3.8, 4) is 0 Å². The SMILES string of the molecule is CCN1C(=O)N[C@@H](CC(C)C)C1=O. The van der Waals surface area contributed by atoms with Gasteiger partial charge in [-0.05, 0) is 19.3 Å². The molecule has 74 valence electrons. The number of nitrogens with one attached hydrogen (secondary N) is 1. The van der Waals surface area contributed by atoms with Gasteiger partial charge in [0.25, 0.3) is 5.91 Å². The van der Waals surface area contributed by atoms with E-state index in [0.29, 0.717) is 12.5 Å². The fourth-order valence-electron chi connectivity index (χ4n) is 1.51. The number of imide groups is 1. The van der Waals surface area contributed by atoms with Gasteiger partial charge < -0.3 is 5.32 Å². The van der Waals surface area contributed by atoms with E-state index in [1.54, 1.807) is 6.92 Å². The van der Waals surface area contributed by atoms with E-state index < -0.39 is 0 Å². The summed E-state index contributed by atoms with van der Waals surface area (Å²) in [5.41, 5.74) is 0. The number of rotatable bonds is 3. The number of amides is 3. The Morgan fingerprint density at radius 2 is 2.08 bits per heavy atom. The molecule has 0 saturated carbocycles. The molecule has 1 aliphatic heterocycles. The summed E-state index contributed by atoms with van der Waals surface area (Å²) in [6.45, 7) is 6.33. The van der Waals surface area contributed by atoms with Crippen molar-refractivity contribution in [3.63, 3.8) is 0 Å². The van der Waals surface area contributed by atoms with Gasteiger partial charge in [-0.1, -0.05) is 13.8 Å². The number of carbonyl (C=O) groups excluding carboxylic acids is 2. The third-order valence-electron chi connectivity index (χ3n) is 2.13. The molecule has 4 heteroatoms. The lowest BCUT2D eigenvalue weighted by atomic mass is 10.0. The van der Waals surface area contributed by atoms with Crippen LogP contribution in [0.5, 0.6) is 0 Å². The van der Waals surface area contributed by atoms with Gasteiger partial charge in [0.15, 0.2) is 0 Å². The van der Waals surface area contributed by atoms with Crippen LogP contribution in [-0.2, 0) is 4.79 Å². The minimum atomic E-state index is -0.299. The van der Waals surface area contributed by atoms with E-state index in [0.717, 1.165) is 6.42 Å². The molecule has 3 amide bonds. The molecule has 0 aromatic rings. The average Bonchev–Trinajstić information content (AvgIpc) is 2.26. The zero-order valence-electron chi connectivity index (χ0n) is 8.33. The molecule has 1 aliphatic rings. The van der Waals surface area contributed by atoms with Gasteiger partial charge in [-0.2, -0.15) is 0 Å². The molecular formula is C9H16N2O2. The van der Waals surface area contributed by atoms with Gasteiger partial charge >= 0.3 is 6.03 Å². The Hall–Kier alpha value is -1.06. The summed E-state index contributed by atoms with van der Waals surface area (Å²) in [5, 5.41) is 2.67. The normalized spacial score (nSPS) is 22.8. The molecule has 1 N–H and O–H groups in total. The third-order valence-corrected chi connectivity index (χ3v) is 2.13. The number of urea groups is 1. The highest BCUT2D eigenvalue weighted by Crippen LogP contribution is 2.13. The summed E-state index contributed by atoms with van der Waals surface area (Å²) < 4.78 is 0. The smallest absolute Gasteiger partial charge is 0.324 e. The highest BCUT2D eigenvalue weighted by Gasteiger charge is 2.36. The van der Waals surface area contributed by atoms with Gasteiger partial charge in [0.05, 0.1) is 0 Å². The Morgan fingerprint density at radius 3 is 2.46 bits per heavy atom. The van der Waals surface area contributed by atoms with Crippen LogP contribution in [0.2, 0.25) is 0 Å². The van der Waals surface area contributed by atoms with Crippen LogP contribution in [0.25, 0.3) is 0 Å². The minimum Gasteiger partial charge on any atom is -0.326 e. The second-order valence-corrected chi connectivity index (χ2v) is 3.71. The molecule has 0 unspecified atom stereocenters. The van der Waals surface area contributed by atoms with E-state index in [4.69, 9.17) is 0 Å². The number of carbonyl (C=O) groups is 2. The zero-order valence-corrected chi connectivity index (χ0v) is 8.33. The van der Waals surface area contributed by atoms with Crippen LogP contribution in [0.1, 0.15) is 27.2 Å². The predicted molar refractivity (Wildman–Crippen MR) is 49.2 cm³/mol. The summed E-state index contributed by atoms with van der Waals surface area (Å²) >= 11 is 0. The van der Waals surface area contributed by atoms with Crippen LogP contribution in [-0.4, -0.2) is 29.4 Å². The monoisotopic (exact) mass is 184 g/mol. The molecule has 1 atom stereocenters. The molecule has 1 rings (SSSR count). The van der Waals surface area contributed by atoms with Crippen molar-refractivity contribution in [2.45, 2.75) is 33.2 Å². The second kappa shape index (κ2) is 3.77. The fraction of sp³-hybridized carbons (Fsp3) is 0.778. The molecule has 13 heavy (non-hydrogen) atoms. The lowest BCUT2D eigenvalue weighted by Crippen LogP contribution is -2.31. The fourth-order valence-corrected chi connectivity index (χ4v) is 1.51. The summed E-state index contributed by atoms with van der Waals surface area (Å²) in [6.07, 6.45) is 0.723. The maximum absolute atomic E-state index is 11.5. The van der Waals surface area contributed by atoms with E-state index in [-0.39, 0.29) is 18.0 Å². The number of likely N-dealkylation sites (N-methyl/N-ethyl adjacent to an activating group) is 1. The minimum absolute atomic E-state index is 0.0822. The van der Waals surface area contributed by atoms with Gasteiger partial charge in [0.1, 0.15) is 6.04 Å². The molecule has 1 heterocycles. The highest BCUT2D eigenvalue weighted by molar-refractivity contribution is 6.04. The van der Waals surface area contributed by atoms with Crippen LogP contribution in [0, 0.1) is 5.92 Å². The van der Waals surface area contributed by atoms with Crippen molar-refractivity contribution in [2.75, 3.05) is 6.54 Å². The highest BCUT2D eigenvalue weighted by atomic mass is 16.2. The van der Waals surface area contributed by atoms with Gasteiger partial charge in [-0.3, -0.25) is 9.69 Å². The topological polar surface area (TPSA) is 49.4 Å². The maximum Gasteiger partial charge on any atom is 0.324 e. The zero-order chi connectivity index (χ0) is 10.0. The molecule has 0 spiro atoms. The van der Waals surface area contributed by atoms with Crippen molar-refractivity contribution < 1.29 is 9.59 Å². The Bertz CT molecular complexity index is 226. The van der Waals surface area contributed by atoms with Crippen LogP contribution in [0.15, 0.2) is 0 Å². The van der Waals surface area contributed by atoms with Gasteiger partial charge in [-0.25, -0.2) is 4.79 Å². The van der Waals surface area contributed by atoms with Crippen molar-refractivity contribution in [3.05, 3.63) is 0 Å². The van der Waals surface area contributed by atoms with E-state index in [2.05, 4.69) is 5.32 Å². The lowest BCUT2D eigenvalue weighted by Gasteiger charge is -2.11. The van der Waals surface area contributed by atoms with Gasteiger partial charge in [0.2, 0.25) is 0 Å². The molecule has 4 nitrogen and oxygen atoms in total. The number of nitrogens with zero attached hydrogens (tertiary/aromatic N) is 1. The van der Waals surface area contributed by atoms with Crippen LogP contribution >= 0.6 is 0 Å². The molecule has 0 aliphatic carbocycles. The first-order valence-corrected chi connectivity index (χ1v) is 4.68. The Kier molecular flexibility index (Phi) is 2.90. The molecule has 0 bridgehead atoms. The van der Waals surface area contributed by atoms with Crippen molar-refractivity contribution in [1.82, 2.24) is 10.2 Å². The molecule has 0 radical (unpaired) electrons. The second-order valence-electron chi connectivity index (χ2n) is 3.71. The van der Waals surface area contributed by atoms with Crippen LogP contribution in [0.4, 0.5) is 4.79 Å². The van der Waals surface area contributed by atoms with Gasteiger partial charge in [-0.15, -0.1) is 0 Å². The quantitative estimate of drug-likeness (QED) is 0.664. The van der Waals surface area contributed by atoms with Crippen molar-refractivity contribution in [2.24, 2.45) is 5.92 Å². The summed E-state index contributed by atoms with van der Waals surface area (Å²) in [7, 11) is 0. The van der Waals surface area contributed by atoms with E-state index in [9.17, 15) is 9.59 Å². The predicted octanol–water partition coefficient (Wildman–Crippen LogP) is 0.973. The lowest BCUT2D eigenvalue weighted by molar-refractivity contribution is -0.127. The number of hydrogen-bond acceptors (Lipinski definition) is 2. The molecule has 0 aromatic heterocycles. The summed E-state index contributed by atoms with van der Waals surface area (Å²) in [5.74, 6) is 0.340. The Morgan fingerprint density at radius 1 is 1.46 bits per heavy atom. The van der Waals surface area contributed by atoms with Gasteiger partial charge in [0, 0.05) is 6.54 Å². The van der Waals surface area contributed by atoms with Crippen LogP contribution < -0.4 is 5.32 Å². The van der Waals surface area contributed by atoms with Crippen molar-refractivity contribution in [1.29, 1.82) is 0 Å². The summed E-state index contributed by atoms with van der Waals surface area (Å²) in [4.78, 5) is 24.0.